The van der Waals surface area contributed by atoms with Gasteiger partial charge in [0.1, 0.15) is 0 Å². The number of hydrogen-bond donors (Lipinski definition) is 1. The first-order chi connectivity index (χ1) is 6.93. The maximum absolute atomic E-state index is 10.0. The first-order valence-electron chi connectivity index (χ1n) is 4.99. The van der Waals surface area contributed by atoms with Gasteiger partial charge in [-0.15, -0.1) is 0 Å². The maximum atomic E-state index is 10.0. The van der Waals surface area contributed by atoms with Crippen LogP contribution < -0.4 is 5.32 Å². The Kier molecular flexibility index (Phi) is 9.40. The largest absolute Gasteiger partial charge is 0.412 e. The molecule has 0 aromatic heterocycles. The minimum atomic E-state index is 0. The molecule has 0 bridgehead atoms. The van der Waals surface area contributed by atoms with Gasteiger partial charge >= 0.3 is 0 Å². The Labute approximate surface area is 89.8 Å². The van der Waals surface area contributed by atoms with Gasteiger partial charge in [-0.2, -0.15) is 0 Å². The molecule has 2 heterocycles. The van der Waals surface area contributed by atoms with E-state index in [1.165, 1.54) is 0 Å². The van der Waals surface area contributed by atoms with Crippen LogP contribution in [0.15, 0.2) is 0 Å². The Morgan fingerprint density at radius 3 is 1.80 bits per heavy atom. The SMILES string of the molecule is C1COCCN1.O.O=CN1CCOCC1. The van der Waals surface area contributed by atoms with E-state index in [1.807, 2.05) is 0 Å². The Morgan fingerprint density at radius 2 is 1.53 bits per heavy atom. The summed E-state index contributed by atoms with van der Waals surface area (Å²) in [7, 11) is 0. The minimum absolute atomic E-state index is 0. The fourth-order valence-corrected chi connectivity index (χ4v) is 1.20. The predicted molar refractivity (Wildman–Crippen MR) is 55.8 cm³/mol. The molecule has 2 aliphatic heterocycles. The van der Waals surface area contributed by atoms with E-state index in [9.17, 15) is 4.79 Å². The number of rotatable bonds is 1. The third kappa shape index (κ3) is 7.26. The Bertz CT molecular complexity index is 136. The van der Waals surface area contributed by atoms with E-state index in [0.717, 1.165) is 45.8 Å². The van der Waals surface area contributed by atoms with E-state index in [2.05, 4.69) is 5.32 Å². The molecule has 0 unspecified atom stereocenters. The Morgan fingerprint density at radius 1 is 1.00 bits per heavy atom. The van der Waals surface area contributed by atoms with Gasteiger partial charge in [0.2, 0.25) is 6.41 Å². The van der Waals surface area contributed by atoms with Crippen molar-refractivity contribution in [3.63, 3.8) is 0 Å². The number of nitrogens with zero attached hydrogens (tertiary/aromatic N) is 1. The van der Waals surface area contributed by atoms with Crippen LogP contribution in [0.1, 0.15) is 0 Å². The second-order valence-electron chi connectivity index (χ2n) is 3.12. The van der Waals surface area contributed by atoms with Crippen LogP contribution >= 0.6 is 0 Å². The zero-order valence-corrected chi connectivity index (χ0v) is 8.91. The molecule has 90 valence electrons. The monoisotopic (exact) mass is 220 g/mol. The van der Waals surface area contributed by atoms with E-state index in [1.54, 1.807) is 4.90 Å². The van der Waals surface area contributed by atoms with Crippen LogP contribution in [0.25, 0.3) is 0 Å². The molecular weight excluding hydrogens is 200 g/mol. The summed E-state index contributed by atoms with van der Waals surface area (Å²) in [6, 6.07) is 0. The van der Waals surface area contributed by atoms with Crippen molar-refractivity contribution >= 4 is 6.41 Å². The molecule has 15 heavy (non-hydrogen) atoms. The summed E-state index contributed by atoms with van der Waals surface area (Å²) in [5.41, 5.74) is 0. The average Bonchev–Trinajstić information content (AvgIpc) is 2.33. The number of amides is 1. The molecule has 2 fully saturated rings. The zero-order chi connectivity index (χ0) is 10.1. The standard InChI is InChI=1S/C5H9NO2.C4H9NO.H2O/c7-5-6-1-3-8-4-2-6;1-3-6-4-2-5-1;/h5H,1-4H2;5H,1-4H2;1H2. The molecule has 0 aromatic rings. The van der Waals surface area contributed by atoms with Crippen molar-refractivity contribution in [1.82, 2.24) is 10.2 Å². The molecule has 2 rings (SSSR count). The number of carbonyl (C=O) groups excluding carboxylic acids is 1. The van der Waals surface area contributed by atoms with Crippen LogP contribution in [-0.4, -0.2) is 69.4 Å². The zero-order valence-electron chi connectivity index (χ0n) is 8.91. The van der Waals surface area contributed by atoms with Crippen LogP contribution in [0.3, 0.4) is 0 Å². The summed E-state index contributed by atoms with van der Waals surface area (Å²) in [4.78, 5) is 11.7. The number of ether oxygens (including phenoxy) is 2. The smallest absolute Gasteiger partial charge is 0.209 e. The van der Waals surface area contributed by atoms with Crippen molar-refractivity contribution in [3.8, 4) is 0 Å². The molecule has 3 N–H and O–H groups in total. The Balaban J connectivity index is 0.000000253. The fourth-order valence-electron chi connectivity index (χ4n) is 1.20. The average molecular weight is 220 g/mol. The van der Waals surface area contributed by atoms with Crippen LogP contribution in [0, 0.1) is 0 Å². The highest BCUT2D eigenvalue weighted by Crippen LogP contribution is 1.90. The molecule has 0 saturated carbocycles. The van der Waals surface area contributed by atoms with E-state index in [0.29, 0.717) is 13.2 Å². The second kappa shape index (κ2) is 9.85. The second-order valence-corrected chi connectivity index (χ2v) is 3.12. The number of carbonyl (C=O) groups is 1. The first kappa shape index (κ1) is 14.3. The van der Waals surface area contributed by atoms with Gasteiger partial charge in [-0.25, -0.2) is 0 Å². The van der Waals surface area contributed by atoms with E-state index < -0.39 is 0 Å². The lowest BCUT2D eigenvalue weighted by Gasteiger charge is -2.21. The highest BCUT2D eigenvalue weighted by atomic mass is 16.5. The molecule has 6 heteroatoms. The van der Waals surface area contributed by atoms with Gasteiger partial charge in [-0.1, -0.05) is 0 Å². The van der Waals surface area contributed by atoms with Gasteiger partial charge in [-0.05, 0) is 0 Å². The van der Waals surface area contributed by atoms with Gasteiger partial charge in [0, 0.05) is 26.2 Å². The van der Waals surface area contributed by atoms with Gasteiger partial charge in [0.15, 0.2) is 0 Å². The molecule has 0 radical (unpaired) electrons. The minimum Gasteiger partial charge on any atom is -0.412 e. The van der Waals surface area contributed by atoms with E-state index in [4.69, 9.17) is 9.47 Å². The normalized spacial score (nSPS) is 20.7. The lowest BCUT2D eigenvalue weighted by molar-refractivity contribution is -0.121. The summed E-state index contributed by atoms with van der Waals surface area (Å²) in [5.74, 6) is 0. The van der Waals surface area contributed by atoms with E-state index in [-0.39, 0.29) is 5.48 Å². The van der Waals surface area contributed by atoms with Crippen molar-refractivity contribution in [3.05, 3.63) is 0 Å². The highest BCUT2D eigenvalue weighted by molar-refractivity contribution is 5.46. The van der Waals surface area contributed by atoms with Crippen molar-refractivity contribution in [2.75, 3.05) is 52.6 Å². The molecule has 0 atom stereocenters. The molecule has 2 saturated heterocycles. The number of nitrogens with one attached hydrogen (secondary N) is 1. The summed E-state index contributed by atoms with van der Waals surface area (Å²) in [5, 5.41) is 3.16. The van der Waals surface area contributed by atoms with Crippen LogP contribution in [0.5, 0.6) is 0 Å². The maximum Gasteiger partial charge on any atom is 0.209 e. The number of morpholine rings is 2. The quantitative estimate of drug-likeness (QED) is 0.532. The van der Waals surface area contributed by atoms with Gasteiger partial charge < -0.3 is 25.2 Å². The molecule has 2 aliphatic rings. The first-order valence-corrected chi connectivity index (χ1v) is 4.99. The third-order valence-electron chi connectivity index (χ3n) is 2.04. The van der Waals surface area contributed by atoms with Crippen LogP contribution in [0.4, 0.5) is 0 Å². The van der Waals surface area contributed by atoms with E-state index >= 15 is 0 Å². The lowest BCUT2D eigenvalue weighted by Crippen LogP contribution is -2.34. The van der Waals surface area contributed by atoms with Gasteiger partial charge in [0.05, 0.1) is 26.4 Å². The third-order valence-corrected chi connectivity index (χ3v) is 2.04. The Hall–Kier alpha value is -0.690. The lowest BCUT2D eigenvalue weighted by atomic mass is 10.5. The fraction of sp³-hybridized carbons (Fsp3) is 0.889. The molecule has 6 nitrogen and oxygen atoms in total. The highest BCUT2D eigenvalue weighted by Gasteiger charge is 2.05. The summed E-state index contributed by atoms with van der Waals surface area (Å²) >= 11 is 0. The van der Waals surface area contributed by atoms with Crippen molar-refractivity contribution in [2.45, 2.75) is 0 Å². The van der Waals surface area contributed by atoms with Crippen LogP contribution in [0.2, 0.25) is 0 Å². The molecule has 0 spiro atoms. The molecule has 1 amide bonds. The number of hydrogen-bond acceptors (Lipinski definition) is 4. The van der Waals surface area contributed by atoms with Crippen molar-refractivity contribution in [1.29, 1.82) is 0 Å². The van der Waals surface area contributed by atoms with Crippen LogP contribution in [-0.2, 0) is 14.3 Å². The van der Waals surface area contributed by atoms with Crippen molar-refractivity contribution in [2.24, 2.45) is 0 Å². The molecule has 0 aromatic carbocycles. The van der Waals surface area contributed by atoms with Crippen molar-refractivity contribution < 1.29 is 19.7 Å². The predicted octanol–water partition coefficient (Wildman–Crippen LogP) is -1.74. The molecule has 0 aliphatic carbocycles. The summed E-state index contributed by atoms with van der Waals surface area (Å²) in [6.07, 6.45) is 0.864. The summed E-state index contributed by atoms with van der Waals surface area (Å²) in [6.45, 7) is 6.73. The van der Waals surface area contributed by atoms with Gasteiger partial charge in [0.25, 0.3) is 0 Å². The molecular formula is C9H20N2O4. The van der Waals surface area contributed by atoms with Gasteiger partial charge in [-0.3, -0.25) is 4.79 Å². The summed E-state index contributed by atoms with van der Waals surface area (Å²) < 4.78 is 10.0. The topological polar surface area (TPSA) is 82.3 Å².